The third-order valence-corrected chi connectivity index (χ3v) is 8.96. The average molecular weight is 626 g/mol. The molecule has 0 saturated carbocycles. The minimum absolute atomic E-state index is 0.0444. The maximum absolute atomic E-state index is 14.5. The van der Waals surface area contributed by atoms with Crippen molar-refractivity contribution in [3.63, 3.8) is 0 Å². The summed E-state index contributed by atoms with van der Waals surface area (Å²) in [6.45, 7) is 11.2. The van der Waals surface area contributed by atoms with E-state index in [2.05, 4.69) is 4.98 Å². The van der Waals surface area contributed by atoms with Gasteiger partial charge in [0.1, 0.15) is 34.1 Å². The van der Waals surface area contributed by atoms with E-state index in [4.69, 9.17) is 23.4 Å². The van der Waals surface area contributed by atoms with Gasteiger partial charge in [-0.15, -0.1) is 11.3 Å². The Balaban J connectivity index is 1.75. The Morgan fingerprint density at radius 2 is 1.84 bits per heavy atom. The Kier molecular flexibility index (Phi) is 8.88. The predicted molar refractivity (Wildman–Crippen MR) is 166 cm³/mol. The number of methoxy groups -OCH3 is 1. The van der Waals surface area contributed by atoms with E-state index < -0.39 is 34.5 Å². The highest BCUT2D eigenvalue weighted by Crippen LogP contribution is 2.38. The fraction of sp³-hybridized carbons (Fsp3) is 0.500. The molecule has 12 heteroatoms. The molecule has 5 rings (SSSR count). The number of para-hydroxylation sites is 1. The fourth-order valence-electron chi connectivity index (χ4n) is 5.39. The number of aryl methyl sites for hydroxylation is 1. The molecule has 1 atom stereocenters. The molecule has 1 aliphatic heterocycles. The minimum atomic E-state index is -1.63. The van der Waals surface area contributed by atoms with Crippen LogP contribution in [0.25, 0.3) is 21.0 Å². The quantitative estimate of drug-likeness (QED) is 0.231. The van der Waals surface area contributed by atoms with Crippen LogP contribution in [0.1, 0.15) is 64.7 Å². The smallest absolute Gasteiger partial charge is 0.333 e. The summed E-state index contributed by atoms with van der Waals surface area (Å²) in [4.78, 5) is 47.6. The summed E-state index contributed by atoms with van der Waals surface area (Å²) in [5.41, 5.74) is -2.36. The van der Waals surface area contributed by atoms with E-state index in [0.29, 0.717) is 58.4 Å². The van der Waals surface area contributed by atoms with Gasteiger partial charge in [-0.3, -0.25) is 9.36 Å². The van der Waals surface area contributed by atoms with Crippen LogP contribution in [0.4, 0.5) is 0 Å². The second-order valence-electron chi connectivity index (χ2n) is 12.3. The Morgan fingerprint density at radius 3 is 2.48 bits per heavy atom. The van der Waals surface area contributed by atoms with Crippen LogP contribution in [-0.2, 0) is 31.1 Å². The number of fused-ring (bicyclic) bond motifs is 1. The first kappa shape index (κ1) is 31.7. The van der Waals surface area contributed by atoms with Gasteiger partial charge < -0.3 is 23.4 Å². The predicted octanol–water partition coefficient (Wildman–Crippen LogP) is 5.21. The molecule has 1 aromatic carbocycles. The van der Waals surface area contributed by atoms with Crippen LogP contribution in [0, 0.1) is 6.92 Å². The number of ether oxygens (including phenoxy) is 4. The highest BCUT2D eigenvalue weighted by Gasteiger charge is 2.39. The third kappa shape index (κ3) is 6.11. The summed E-state index contributed by atoms with van der Waals surface area (Å²) in [6, 6.07) is 7.51. The zero-order chi connectivity index (χ0) is 31.8. The molecule has 0 aliphatic carbocycles. The molecule has 4 aromatic rings. The number of rotatable bonds is 9. The summed E-state index contributed by atoms with van der Waals surface area (Å²) in [6.07, 6.45) is 3.65. The van der Waals surface area contributed by atoms with Crippen LogP contribution in [-0.4, -0.2) is 52.1 Å². The summed E-state index contributed by atoms with van der Waals surface area (Å²) in [5, 5.41) is 0.296. The Labute approximate surface area is 259 Å². The van der Waals surface area contributed by atoms with Crippen LogP contribution < -0.4 is 16.0 Å². The normalized spacial score (nSPS) is 15.4. The van der Waals surface area contributed by atoms with Gasteiger partial charge >= 0.3 is 11.7 Å². The largest absolute Gasteiger partial charge is 0.496 e. The second kappa shape index (κ2) is 12.3. The highest BCUT2D eigenvalue weighted by atomic mass is 32.1. The molecular formula is C32H39N3O8S. The Hall–Kier alpha value is -3.74. The number of carbonyl (C=O) groups is 1. The van der Waals surface area contributed by atoms with Crippen molar-refractivity contribution < 1.29 is 28.2 Å². The van der Waals surface area contributed by atoms with Crippen molar-refractivity contribution in [3.8, 4) is 16.5 Å². The Morgan fingerprint density at radius 1 is 1.14 bits per heavy atom. The van der Waals surface area contributed by atoms with Crippen molar-refractivity contribution >= 4 is 27.5 Å². The third-order valence-electron chi connectivity index (χ3n) is 7.66. The molecule has 1 aliphatic rings. The lowest BCUT2D eigenvalue weighted by Crippen LogP contribution is -2.54. The van der Waals surface area contributed by atoms with Crippen LogP contribution in [0.3, 0.4) is 0 Å². The molecule has 0 bridgehead atoms. The first-order chi connectivity index (χ1) is 20.8. The van der Waals surface area contributed by atoms with E-state index in [1.54, 1.807) is 34.8 Å². The lowest BCUT2D eigenvalue weighted by molar-refractivity contribution is -0.164. The fourth-order valence-corrected chi connectivity index (χ4v) is 6.63. The van der Waals surface area contributed by atoms with Gasteiger partial charge in [-0.25, -0.2) is 19.1 Å². The molecule has 0 N–H and O–H groups in total. The van der Waals surface area contributed by atoms with Crippen LogP contribution in [0.5, 0.6) is 5.75 Å². The number of hydrogen-bond donors (Lipinski definition) is 0. The molecule has 0 amide bonds. The van der Waals surface area contributed by atoms with Gasteiger partial charge in [0.05, 0.1) is 36.2 Å². The van der Waals surface area contributed by atoms with Crippen molar-refractivity contribution in [2.45, 2.75) is 84.3 Å². The zero-order valence-corrected chi connectivity index (χ0v) is 27.0. The maximum atomic E-state index is 14.5. The summed E-state index contributed by atoms with van der Waals surface area (Å²) >= 11 is 1.24. The van der Waals surface area contributed by atoms with Gasteiger partial charge in [0.2, 0.25) is 5.89 Å². The molecular weight excluding hydrogens is 586 g/mol. The van der Waals surface area contributed by atoms with Crippen molar-refractivity contribution in [1.82, 2.24) is 14.1 Å². The van der Waals surface area contributed by atoms with Crippen molar-refractivity contribution in [3.05, 3.63) is 68.7 Å². The number of aromatic nitrogens is 3. The lowest BCUT2D eigenvalue weighted by atomic mass is 10.0. The average Bonchev–Trinajstić information content (AvgIpc) is 3.62. The first-order valence-corrected chi connectivity index (χ1v) is 15.4. The molecule has 1 saturated heterocycles. The molecule has 11 nitrogen and oxygen atoms in total. The molecule has 4 heterocycles. The second-order valence-corrected chi connectivity index (χ2v) is 13.3. The van der Waals surface area contributed by atoms with Gasteiger partial charge in [-0.05, 0) is 66.0 Å². The zero-order valence-electron chi connectivity index (χ0n) is 26.2. The SMILES string of the molecule is COc1ccccc1C(Cn1c(=O)n(C(C)(C)C(=O)OC(C)(C)C)c(=O)c2c(C)c(-c3ncco3)sc21)OC1CCOCC1. The van der Waals surface area contributed by atoms with Crippen molar-refractivity contribution in [2.75, 3.05) is 20.3 Å². The standard InChI is InChI=1S/C32H39N3O8S/c1-19-24-27(36)35(32(5,6)29(37)43-31(2,3)4)30(38)34(28(24)44-25(19)26-33-14-17-41-26)18-23(42-20-12-15-40-16-13-20)21-10-8-9-11-22(21)39-7/h8-11,14,17,20,23H,12-13,15-16,18H2,1-7H3. The highest BCUT2D eigenvalue weighted by molar-refractivity contribution is 7.22. The van der Waals surface area contributed by atoms with Gasteiger partial charge in [0.25, 0.3) is 5.56 Å². The van der Waals surface area contributed by atoms with Gasteiger partial charge in [-0.2, -0.15) is 0 Å². The summed E-state index contributed by atoms with van der Waals surface area (Å²) < 4.78 is 31.7. The van der Waals surface area contributed by atoms with Gasteiger partial charge in [-0.1, -0.05) is 18.2 Å². The molecule has 236 valence electrons. The lowest BCUT2D eigenvalue weighted by Gasteiger charge is -2.31. The van der Waals surface area contributed by atoms with E-state index in [0.717, 1.165) is 10.1 Å². The van der Waals surface area contributed by atoms with Crippen LogP contribution in [0.2, 0.25) is 0 Å². The van der Waals surface area contributed by atoms with Gasteiger partial charge in [0, 0.05) is 18.8 Å². The molecule has 0 radical (unpaired) electrons. The number of thiophene rings is 1. The molecule has 44 heavy (non-hydrogen) atoms. The van der Waals surface area contributed by atoms with E-state index in [9.17, 15) is 14.4 Å². The number of nitrogens with zero attached hydrogens (tertiary/aromatic N) is 3. The number of esters is 1. The number of carbonyl (C=O) groups excluding carboxylic acids is 1. The number of hydrogen-bond acceptors (Lipinski definition) is 10. The maximum Gasteiger partial charge on any atom is 0.333 e. The van der Waals surface area contributed by atoms with Gasteiger partial charge in [0.15, 0.2) is 0 Å². The van der Waals surface area contributed by atoms with E-state index >= 15 is 0 Å². The van der Waals surface area contributed by atoms with Crippen LogP contribution >= 0.6 is 11.3 Å². The number of benzene rings is 1. The Bertz CT molecular complexity index is 1750. The molecule has 3 aromatic heterocycles. The molecule has 1 unspecified atom stereocenters. The minimum Gasteiger partial charge on any atom is -0.496 e. The summed E-state index contributed by atoms with van der Waals surface area (Å²) in [5.74, 6) is 0.245. The van der Waals surface area contributed by atoms with E-state index in [1.165, 1.54) is 42.2 Å². The van der Waals surface area contributed by atoms with Crippen molar-refractivity contribution in [1.29, 1.82) is 0 Å². The molecule has 1 fully saturated rings. The molecule has 0 spiro atoms. The van der Waals surface area contributed by atoms with E-state index in [1.807, 2.05) is 24.3 Å². The van der Waals surface area contributed by atoms with Crippen LogP contribution in [0.15, 0.2) is 50.7 Å². The van der Waals surface area contributed by atoms with E-state index in [-0.39, 0.29) is 12.6 Å². The number of oxazole rings is 1. The topological polar surface area (TPSA) is 124 Å². The van der Waals surface area contributed by atoms with Crippen molar-refractivity contribution in [2.24, 2.45) is 0 Å². The first-order valence-electron chi connectivity index (χ1n) is 14.6. The summed E-state index contributed by atoms with van der Waals surface area (Å²) in [7, 11) is 1.59. The monoisotopic (exact) mass is 625 g/mol.